The number of nitrogens with zero attached hydrogens (tertiary/aromatic N) is 1. The van der Waals surface area contributed by atoms with E-state index in [0.717, 1.165) is 5.56 Å². The van der Waals surface area contributed by atoms with Gasteiger partial charge in [0.1, 0.15) is 11.8 Å². The first kappa shape index (κ1) is 22.5. The second kappa shape index (κ2) is 9.05. The fraction of sp³-hybridized carbons (Fsp3) is 0.167. The van der Waals surface area contributed by atoms with E-state index in [9.17, 15) is 18.0 Å². The summed E-state index contributed by atoms with van der Waals surface area (Å²) in [5.41, 5.74) is 2.31. The van der Waals surface area contributed by atoms with Crippen LogP contribution < -0.4 is 20.1 Å². The highest BCUT2D eigenvalue weighted by Gasteiger charge is 2.38. The highest BCUT2D eigenvalue weighted by atomic mass is 32.2. The monoisotopic (exact) mass is 465 g/mol. The first-order valence-electron chi connectivity index (χ1n) is 10.3. The van der Waals surface area contributed by atoms with E-state index in [2.05, 4.69) is 5.32 Å². The molecular formula is C24H23N3O5S. The molecule has 33 heavy (non-hydrogen) atoms. The summed E-state index contributed by atoms with van der Waals surface area (Å²) in [6.07, 6.45) is 0.0148. The van der Waals surface area contributed by atoms with E-state index in [1.54, 1.807) is 24.3 Å². The molecule has 0 radical (unpaired) electrons. The number of sulfonamides is 1. The number of anilines is 2. The average molecular weight is 466 g/mol. The number of carbonyl (C=O) groups is 2. The van der Waals surface area contributed by atoms with Gasteiger partial charge in [-0.2, -0.15) is 0 Å². The molecule has 170 valence electrons. The van der Waals surface area contributed by atoms with Crippen LogP contribution in [0.3, 0.4) is 0 Å². The molecular weight excluding hydrogens is 442 g/mol. The van der Waals surface area contributed by atoms with Crippen LogP contribution in [-0.2, 0) is 19.6 Å². The molecule has 0 spiro atoms. The molecule has 8 nitrogen and oxygen atoms in total. The lowest BCUT2D eigenvalue weighted by atomic mass is 9.99. The lowest BCUT2D eigenvalue weighted by molar-refractivity contribution is -0.124. The molecule has 9 heteroatoms. The topological polar surface area (TPSA) is 119 Å². The van der Waals surface area contributed by atoms with Gasteiger partial charge in [0.05, 0.1) is 29.3 Å². The Bertz CT molecular complexity index is 1290. The van der Waals surface area contributed by atoms with E-state index in [1.807, 2.05) is 37.3 Å². The van der Waals surface area contributed by atoms with Gasteiger partial charge in [0.15, 0.2) is 0 Å². The van der Waals surface area contributed by atoms with Crippen molar-refractivity contribution in [3.05, 3.63) is 83.9 Å². The highest BCUT2D eigenvalue weighted by molar-refractivity contribution is 7.89. The maximum absolute atomic E-state index is 13.3. The molecule has 1 aliphatic rings. The fourth-order valence-electron chi connectivity index (χ4n) is 3.69. The first-order valence-corrected chi connectivity index (χ1v) is 11.8. The summed E-state index contributed by atoms with van der Waals surface area (Å²) in [7, 11) is -3.98. The summed E-state index contributed by atoms with van der Waals surface area (Å²) in [5.74, 6) is -0.147. The van der Waals surface area contributed by atoms with Crippen molar-refractivity contribution in [2.45, 2.75) is 24.3 Å². The van der Waals surface area contributed by atoms with Gasteiger partial charge in [-0.05, 0) is 42.8 Å². The number of aryl methyl sites for hydroxylation is 1. The molecule has 1 aliphatic heterocycles. The molecule has 2 amide bonds. The van der Waals surface area contributed by atoms with Crippen LogP contribution in [0.5, 0.6) is 5.75 Å². The van der Waals surface area contributed by atoms with Crippen LogP contribution in [0.25, 0.3) is 0 Å². The van der Waals surface area contributed by atoms with Crippen molar-refractivity contribution in [2.75, 3.05) is 16.8 Å². The predicted molar refractivity (Wildman–Crippen MR) is 124 cm³/mol. The Hall–Kier alpha value is -3.69. The Kier molecular flexibility index (Phi) is 6.17. The molecule has 0 aromatic heterocycles. The van der Waals surface area contributed by atoms with Gasteiger partial charge in [0.2, 0.25) is 15.9 Å². The number of hydrogen-bond acceptors (Lipinski definition) is 5. The van der Waals surface area contributed by atoms with Crippen LogP contribution in [0, 0.1) is 6.92 Å². The number of nitrogens with one attached hydrogen (secondary N) is 1. The second-order valence-electron chi connectivity index (χ2n) is 7.70. The Morgan fingerprint density at radius 1 is 1.06 bits per heavy atom. The normalized spacial score (nSPS) is 15.5. The molecule has 0 fully saturated rings. The van der Waals surface area contributed by atoms with E-state index in [1.165, 1.54) is 23.1 Å². The summed E-state index contributed by atoms with van der Waals surface area (Å²) < 4.78 is 29.2. The van der Waals surface area contributed by atoms with Crippen molar-refractivity contribution in [2.24, 2.45) is 5.14 Å². The van der Waals surface area contributed by atoms with Gasteiger partial charge in [-0.1, -0.05) is 48.0 Å². The standard InChI is InChI=1S/C24H23N3O5S/c1-16-7-9-18(10-8-16)32-14-13-22(28)27-21-12-11-19(33(25,30)31)15-20(21)26-24(29)23(27)17-5-3-2-4-6-17/h2-12,15,23H,13-14H2,1H3,(H,26,29)(H2,25,30,31). The Labute approximate surface area is 192 Å². The number of nitrogens with two attached hydrogens (primary N) is 1. The molecule has 1 heterocycles. The molecule has 1 atom stereocenters. The van der Waals surface area contributed by atoms with E-state index in [-0.39, 0.29) is 29.5 Å². The van der Waals surface area contributed by atoms with Crippen LogP contribution >= 0.6 is 0 Å². The minimum absolute atomic E-state index is 0.0148. The fourth-order valence-corrected chi connectivity index (χ4v) is 4.22. The Morgan fingerprint density at radius 3 is 2.42 bits per heavy atom. The zero-order valence-corrected chi connectivity index (χ0v) is 18.7. The van der Waals surface area contributed by atoms with Crippen LogP contribution in [0.15, 0.2) is 77.7 Å². The largest absolute Gasteiger partial charge is 0.493 e. The molecule has 3 N–H and O–H groups in total. The smallest absolute Gasteiger partial charge is 0.252 e. The van der Waals surface area contributed by atoms with E-state index >= 15 is 0 Å². The third-order valence-electron chi connectivity index (χ3n) is 5.31. The van der Waals surface area contributed by atoms with Crippen LogP contribution in [0.1, 0.15) is 23.6 Å². The van der Waals surface area contributed by atoms with Crippen molar-refractivity contribution in [3.8, 4) is 5.75 Å². The number of fused-ring (bicyclic) bond motifs is 1. The summed E-state index contributed by atoms with van der Waals surface area (Å²) in [5, 5.41) is 7.94. The van der Waals surface area contributed by atoms with Crippen molar-refractivity contribution in [3.63, 3.8) is 0 Å². The SMILES string of the molecule is Cc1ccc(OCCC(=O)N2c3ccc(S(N)(=O)=O)cc3NC(=O)C2c2ccccc2)cc1. The van der Waals surface area contributed by atoms with Crippen molar-refractivity contribution in [1.82, 2.24) is 0 Å². The van der Waals surface area contributed by atoms with Gasteiger partial charge >= 0.3 is 0 Å². The van der Waals surface area contributed by atoms with Gasteiger partial charge in [-0.25, -0.2) is 13.6 Å². The third kappa shape index (κ3) is 4.89. The van der Waals surface area contributed by atoms with Crippen LogP contribution in [-0.4, -0.2) is 26.8 Å². The summed E-state index contributed by atoms with van der Waals surface area (Å²) in [6.45, 7) is 2.09. The minimum Gasteiger partial charge on any atom is -0.493 e. The number of ether oxygens (including phenoxy) is 1. The van der Waals surface area contributed by atoms with Gasteiger partial charge in [-0.15, -0.1) is 0 Å². The van der Waals surface area contributed by atoms with Crippen molar-refractivity contribution < 1.29 is 22.7 Å². The van der Waals surface area contributed by atoms with E-state index in [4.69, 9.17) is 9.88 Å². The lowest BCUT2D eigenvalue weighted by Crippen LogP contribution is -2.45. The number of carbonyl (C=O) groups excluding carboxylic acids is 2. The van der Waals surface area contributed by atoms with Crippen molar-refractivity contribution >= 4 is 33.2 Å². The average Bonchev–Trinajstić information content (AvgIpc) is 2.79. The molecule has 0 aliphatic carbocycles. The molecule has 3 aromatic rings. The van der Waals surface area contributed by atoms with E-state index in [0.29, 0.717) is 17.0 Å². The highest BCUT2D eigenvalue weighted by Crippen LogP contribution is 2.39. The maximum Gasteiger partial charge on any atom is 0.252 e. The van der Waals surface area contributed by atoms with Crippen LogP contribution in [0.2, 0.25) is 0 Å². The van der Waals surface area contributed by atoms with Gasteiger partial charge in [-0.3, -0.25) is 14.5 Å². The molecule has 0 saturated carbocycles. The number of hydrogen-bond donors (Lipinski definition) is 2. The minimum atomic E-state index is -3.98. The number of rotatable bonds is 6. The summed E-state index contributed by atoms with van der Waals surface area (Å²) in [6, 6.07) is 19.5. The molecule has 3 aromatic carbocycles. The zero-order valence-electron chi connectivity index (χ0n) is 17.9. The maximum atomic E-state index is 13.3. The van der Waals surface area contributed by atoms with Crippen LogP contribution in [0.4, 0.5) is 11.4 Å². The number of primary sulfonamides is 1. The van der Waals surface area contributed by atoms with Gasteiger partial charge in [0.25, 0.3) is 5.91 Å². The van der Waals surface area contributed by atoms with Crippen molar-refractivity contribution in [1.29, 1.82) is 0 Å². The summed E-state index contributed by atoms with van der Waals surface area (Å²) in [4.78, 5) is 27.6. The summed E-state index contributed by atoms with van der Waals surface area (Å²) >= 11 is 0. The van der Waals surface area contributed by atoms with Gasteiger partial charge in [0, 0.05) is 0 Å². The second-order valence-corrected chi connectivity index (χ2v) is 9.26. The third-order valence-corrected chi connectivity index (χ3v) is 6.22. The predicted octanol–water partition coefficient (Wildman–Crippen LogP) is 3.14. The molecule has 4 rings (SSSR count). The number of amides is 2. The zero-order chi connectivity index (χ0) is 23.6. The molecule has 0 saturated heterocycles. The quantitative estimate of drug-likeness (QED) is 0.580. The van der Waals surface area contributed by atoms with E-state index < -0.39 is 22.0 Å². The molecule has 0 bridgehead atoms. The number of benzene rings is 3. The molecule has 1 unspecified atom stereocenters. The Morgan fingerprint density at radius 2 is 1.76 bits per heavy atom. The Balaban J connectivity index is 1.65. The lowest BCUT2D eigenvalue weighted by Gasteiger charge is -2.37. The first-order chi connectivity index (χ1) is 15.7. The van der Waals surface area contributed by atoms with Gasteiger partial charge < -0.3 is 10.1 Å².